The minimum absolute atomic E-state index is 0.0703. The molecular weight excluding hydrogens is 286 g/mol. The van der Waals surface area contributed by atoms with Gasteiger partial charge in [0.1, 0.15) is 24.2 Å². The molecule has 0 radical (unpaired) electrons. The van der Waals surface area contributed by atoms with Gasteiger partial charge in [-0.2, -0.15) is 13.2 Å². The van der Waals surface area contributed by atoms with Crippen LogP contribution < -0.4 is 10.5 Å². The minimum atomic E-state index is -4.50. The molecule has 112 valence electrons. The van der Waals surface area contributed by atoms with Crippen LogP contribution in [0.25, 0.3) is 0 Å². The fourth-order valence-electron chi connectivity index (χ4n) is 1.73. The van der Waals surface area contributed by atoms with Gasteiger partial charge in [0.2, 0.25) is 0 Å². The van der Waals surface area contributed by atoms with E-state index in [0.29, 0.717) is 5.56 Å². The Morgan fingerprint density at radius 3 is 2.33 bits per heavy atom. The SMILES string of the molecule is N[C@H](c1cccc(OCc2ccc(F)cc2)c1)C(F)(F)F. The number of rotatable bonds is 4. The van der Waals surface area contributed by atoms with E-state index < -0.39 is 12.2 Å². The number of nitrogens with two attached hydrogens (primary N) is 1. The topological polar surface area (TPSA) is 35.2 Å². The lowest BCUT2D eigenvalue weighted by Crippen LogP contribution is -2.28. The van der Waals surface area contributed by atoms with Crippen molar-refractivity contribution in [2.75, 3.05) is 0 Å². The van der Waals surface area contributed by atoms with Gasteiger partial charge in [0.15, 0.2) is 0 Å². The molecule has 2 rings (SSSR count). The van der Waals surface area contributed by atoms with Gasteiger partial charge in [0.05, 0.1) is 0 Å². The van der Waals surface area contributed by atoms with Crippen molar-refractivity contribution in [1.29, 1.82) is 0 Å². The monoisotopic (exact) mass is 299 g/mol. The third kappa shape index (κ3) is 4.19. The third-order valence-corrected chi connectivity index (χ3v) is 2.89. The van der Waals surface area contributed by atoms with Crippen LogP contribution in [0.4, 0.5) is 17.6 Å². The molecule has 6 heteroatoms. The van der Waals surface area contributed by atoms with Crippen LogP contribution >= 0.6 is 0 Å². The van der Waals surface area contributed by atoms with E-state index in [1.165, 1.54) is 36.4 Å². The summed E-state index contributed by atoms with van der Waals surface area (Å²) < 4.78 is 55.8. The number of alkyl halides is 3. The second-order valence-electron chi connectivity index (χ2n) is 4.51. The third-order valence-electron chi connectivity index (χ3n) is 2.89. The molecule has 0 saturated heterocycles. The van der Waals surface area contributed by atoms with Gasteiger partial charge in [0.25, 0.3) is 0 Å². The van der Waals surface area contributed by atoms with Gasteiger partial charge in [-0.25, -0.2) is 4.39 Å². The van der Waals surface area contributed by atoms with Crippen molar-refractivity contribution in [2.24, 2.45) is 5.73 Å². The van der Waals surface area contributed by atoms with Crippen molar-refractivity contribution in [1.82, 2.24) is 0 Å². The summed E-state index contributed by atoms with van der Waals surface area (Å²) in [4.78, 5) is 0. The predicted octanol–water partition coefficient (Wildman–Crippen LogP) is 3.97. The maximum absolute atomic E-state index is 12.7. The lowest BCUT2D eigenvalue weighted by Gasteiger charge is -2.16. The fraction of sp³-hybridized carbons (Fsp3) is 0.200. The average molecular weight is 299 g/mol. The Morgan fingerprint density at radius 1 is 1.05 bits per heavy atom. The zero-order valence-corrected chi connectivity index (χ0v) is 10.9. The number of benzene rings is 2. The van der Waals surface area contributed by atoms with E-state index in [4.69, 9.17) is 10.5 Å². The molecule has 0 amide bonds. The molecule has 0 fully saturated rings. The summed E-state index contributed by atoms with van der Waals surface area (Å²) in [7, 11) is 0. The second-order valence-corrected chi connectivity index (χ2v) is 4.51. The molecule has 0 aliphatic carbocycles. The highest BCUT2D eigenvalue weighted by Crippen LogP contribution is 2.31. The number of hydrogen-bond donors (Lipinski definition) is 1. The molecule has 2 nitrogen and oxygen atoms in total. The van der Waals surface area contributed by atoms with E-state index in [1.807, 2.05) is 0 Å². The Labute approximate surface area is 119 Å². The van der Waals surface area contributed by atoms with Gasteiger partial charge in [0, 0.05) is 0 Å². The van der Waals surface area contributed by atoms with E-state index in [0.717, 1.165) is 0 Å². The summed E-state index contributed by atoms with van der Waals surface area (Å²) in [5, 5.41) is 0. The second kappa shape index (κ2) is 6.13. The highest BCUT2D eigenvalue weighted by Gasteiger charge is 2.37. The van der Waals surface area contributed by atoms with Gasteiger partial charge in [-0.15, -0.1) is 0 Å². The zero-order chi connectivity index (χ0) is 15.5. The summed E-state index contributed by atoms with van der Waals surface area (Å²) in [5.41, 5.74) is 5.78. The van der Waals surface area contributed by atoms with Crippen LogP contribution in [-0.4, -0.2) is 6.18 Å². The molecular formula is C15H13F4NO. The molecule has 0 aliphatic heterocycles. The molecule has 21 heavy (non-hydrogen) atoms. The summed E-state index contributed by atoms with van der Waals surface area (Å²) >= 11 is 0. The molecule has 2 aromatic carbocycles. The van der Waals surface area contributed by atoms with Crippen LogP contribution in [0.3, 0.4) is 0 Å². The molecule has 2 aromatic rings. The molecule has 0 aromatic heterocycles. The fourth-order valence-corrected chi connectivity index (χ4v) is 1.73. The van der Waals surface area contributed by atoms with Crippen LogP contribution in [0, 0.1) is 5.82 Å². The van der Waals surface area contributed by atoms with Crippen molar-refractivity contribution in [3.63, 3.8) is 0 Å². The maximum atomic E-state index is 12.7. The van der Waals surface area contributed by atoms with Crippen LogP contribution in [0.1, 0.15) is 17.2 Å². The smallest absolute Gasteiger partial charge is 0.407 e. The molecule has 1 atom stereocenters. The first-order chi connectivity index (χ1) is 9.86. The van der Waals surface area contributed by atoms with Gasteiger partial charge in [-0.3, -0.25) is 0 Å². The van der Waals surface area contributed by atoms with Gasteiger partial charge in [-0.05, 0) is 35.4 Å². The summed E-state index contributed by atoms with van der Waals surface area (Å²) in [5.74, 6) is -0.0894. The van der Waals surface area contributed by atoms with Crippen LogP contribution in [0.5, 0.6) is 5.75 Å². The average Bonchev–Trinajstić information content (AvgIpc) is 2.45. The van der Waals surface area contributed by atoms with E-state index in [1.54, 1.807) is 12.1 Å². The van der Waals surface area contributed by atoms with Gasteiger partial charge in [-0.1, -0.05) is 24.3 Å². The summed E-state index contributed by atoms with van der Waals surface area (Å²) in [6.45, 7) is 0.130. The molecule has 0 bridgehead atoms. The van der Waals surface area contributed by atoms with E-state index in [-0.39, 0.29) is 23.7 Å². The first kappa shape index (κ1) is 15.3. The first-order valence-corrected chi connectivity index (χ1v) is 6.16. The van der Waals surface area contributed by atoms with Crippen LogP contribution in [0.2, 0.25) is 0 Å². The quantitative estimate of drug-likeness (QED) is 0.867. The predicted molar refractivity (Wildman–Crippen MR) is 70.2 cm³/mol. The first-order valence-electron chi connectivity index (χ1n) is 6.16. The van der Waals surface area contributed by atoms with Crippen molar-refractivity contribution < 1.29 is 22.3 Å². The molecule has 0 unspecified atom stereocenters. The lowest BCUT2D eigenvalue weighted by atomic mass is 10.1. The van der Waals surface area contributed by atoms with Crippen molar-refractivity contribution in [3.05, 3.63) is 65.5 Å². The van der Waals surface area contributed by atoms with Crippen LogP contribution in [0.15, 0.2) is 48.5 Å². The van der Waals surface area contributed by atoms with E-state index in [9.17, 15) is 17.6 Å². The molecule has 0 aliphatic rings. The van der Waals surface area contributed by atoms with Gasteiger partial charge >= 0.3 is 6.18 Å². The Bertz CT molecular complexity index is 595. The van der Waals surface area contributed by atoms with Gasteiger partial charge < -0.3 is 10.5 Å². The highest BCUT2D eigenvalue weighted by atomic mass is 19.4. The highest BCUT2D eigenvalue weighted by molar-refractivity contribution is 5.31. The molecule has 0 saturated carbocycles. The molecule has 0 heterocycles. The summed E-state index contributed by atoms with van der Waals surface area (Å²) in [6, 6.07) is 9.14. The minimum Gasteiger partial charge on any atom is -0.489 e. The number of halogens is 4. The lowest BCUT2D eigenvalue weighted by molar-refractivity contribution is -0.149. The zero-order valence-electron chi connectivity index (χ0n) is 10.9. The Morgan fingerprint density at radius 2 is 1.71 bits per heavy atom. The summed E-state index contributed by atoms with van der Waals surface area (Å²) in [6.07, 6.45) is -4.50. The van der Waals surface area contributed by atoms with E-state index >= 15 is 0 Å². The molecule has 0 spiro atoms. The Hall–Kier alpha value is -2.08. The Kier molecular flexibility index (Phi) is 4.47. The van der Waals surface area contributed by atoms with E-state index in [2.05, 4.69) is 0 Å². The van der Waals surface area contributed by atoms with Crippen molar-refractivity contribution >= 4 is 0 Å². The van der Waals surface area contributed by atoms with Crippen LogP contribution in [-0.2, 0) is 6.61 Å². The van der Waals surface area contributed by atoms with Crippen molar-refractivity contribution in [2.45, 2.75) is 18.8 Å². The number of hydrogen-bond acceptors (Lipinski definition) is 2. The molecule has 2 N–H and O–H groups in total. The number of ether oxygens (including phenoxy) is 1. The largest absolute Gasteiger partial charge is 0.489 e. The normalized spacial score (nSPS) is 13.0. The Balaban J connectivity index is 2.06. The standard InChI is InChI=1S/C15H13F4NO/c16-12-6-4-10(5-7-12)9-21-13-3-1-2-11(8-13)14(20)15(17,18)19/h1-8,14H,9,20H2/t14-/m1/s1. The maximum Gasteiger partial charge on any atom is 0.407 e. The van der Waals surface area contributed by atoms with Crippen molar-refractivity contribution in [3.8, 4) is 5.75 Å².